The zero-order chi connectivity index (χ0) is 27.9. The Morgan fingerprint density at radius 3 is 2.50 bits per heavy atom. The first kappa shape index (κ1) is 25.5. The van der Waals surface area contributed by atoms with E-state index in [0.717, 1.165) is 47.7 Å². The van der Waals surface area contributed by atoms with Crippen molar-refractivity contribution in [2.45, 2.75) is 31.6 Å². The second-order valence-corrected chi connectivity index (χ2v) is 9.38. The van der Waals surface area contributed by atoms with Crippen molar-refractivity contribution in [1.29, 1.82) is 0 Å². The van der Waals surface area contributed by atoms with Crippen LogP contribution in [-0.4, -0.2) is 44.4 Å². The minimum Gasteiger partial charge on any atom is -0.436 e. The highest BCUT2D eigenvalue weighted by Gasteiger charge is 2.41. The van der Waals surface area contributed by atoms with Crippen molar-refractivity contribution in [2.75, 3.05) is 28.7 Å². The Labute approximate surface area is 226 Å². The molecule has 1 atom stereocenters. The van der Waals surface area contributed by atoms with Crippen molar-refractivity contribution < 1.29 is 22.7 Å². The number of likely N-dealkylation sites (N-methyl/N-ethyl adjacent to an activating group) is 1. The first-order valence-electron chi connectivity index (χ1n) is 12.5. The molecule has 4 aromatic rings. The number of aromatic nitrogens is 5. The lowest BCUT2D eigenvalue weighted by Gasteiger charge is -2.42. The Kier molecular flexibility index (Phi) is 6.40. The second kappa shape index (κ2) is 10.1. The number of rotatable bonds is 6. The fraction of sp³-hybridized carbons (Fsp3) is 0.259. The van der Waals surface area contributed by atoms with E-state index in [2.05, 4.69) is 20.3 Å². The summed E-state index contributed by atoms with van der Waals surface area (Å²) in [5.41, 5.74) is 3.30. The number of hydrogen-bond donors (Lipinski definition) is 1. The number of anilines is 3. The molecule has 0 saturated carbocycles. The van der Waals surface area contributed by atoms with Gasteiger partial charge in [-0.1, -0.05) is 36.4 Å². The molecule has 13 heteroatoms. The molecule has 2 aliphatic heterocycles. The van der Waals surface area contributed by atoms with E-state index in [1.807, 2.05) is 42.3 Å². The molecule has 204 valence electrons. The van der Waals surface area contributed by atoms with Crippen molar-refractivity contribution in [2.24, 2.45) is 0 Å². The average molecular weight is 549 g/mol. The van der Waals surface area contributed by atoms with E-state index in [1.165, 1.54) is 0 Å². The number of pyridine rings is 1. The van der Waals surface area contributed by atoms with Crippen LogP contribution in [0.2, 0.25) is 0 Å². The lowest BCUT2D eigenvalue weighted by molar-refractivity contribution is -0.145. The summed E-state index contributed by atoms with van der Waals surface area (Å²) < 4.78 is 43.4. The number of hydrogen-bond acceptors (Lipinski definition) is 9. The fourth-order valence-electron chi connectivity index (χ4n) is 4.83. The zero-order valence-corrected chi connectivity index (χ0v) is 21.3. The van der Waals surface area contributed by atoms with Crippen LogP contribution in [0.25, 0.3) is 0 Å². The quantitative estimate of drug-likeness (QED) is 0.371. The number of amides is 1. The normalized spacial score (nSPS) is 16.5. The third-order valence-corrected chi connectivity index (χ3v) is 6.69. The molecule has 1 N–H and O–H groups in total. The number of nitrogens with zero attached hydrogens (tertiary/aromatic N) is 7. The molecule has 0 spiro atoms. The van der Waals surface area contributed by atoms with Gasteiger partial charge in [0.25, 0.3) is 5.91 Å². The summed E-state index contributed by atoms with van der Waals surface area (Å²) in [6, 6.07) is 12.5. The maximum atomic E-state index is 13.5. The summed E-state index contributed by atoms with van der Waals surface area (Å²) in [6.07, 6.45) is 0.403. The Morgan fingerprint density at radius 2 is 1.80 bits per heavy atom. The van der Waals surface area contributed by atoms with Gasteiger partial charge < -0.3 is 19.9 Å². The van der Waals surface area contributed by atoms with E-state index in [4.69, 9.17) is 14.7 Å². The molecule has 0 bridgehead atoms. The van der Waals surface area contributed by atoms with Gasteiger partial charge in [-0.3, -0.25) is 4.79 Å². The molecule has 2 aliphatic rings. The number of nitrogens with one attached hydrogen (secondary N) is 1. The topological polar surface area (TPSA) is 109 Å². The van der Waals surface area contributed by atoms with Crippen molar-refractivity contribution in [1.82, 2.24) is 24.9 Å². The predicted molar refractivity (Wildman–Crippen MR) is 139 cm³/mol. The second-order valence-electron chi connectivity index (χ2n) is 9.38. The Bertz CT molecular complexity index is 1530. The Balaban J connectivity index is 1.17. The maximum Gasteiger partial charge on any atom is 0.451 e. The minimum absolute atomic E-state index is 0.0164. The SMILES string of the molecule is CN1c2nc(NCc3ccc(Oc4cnc(C(F)(F)F)nc4)nc3)nc3c2N(CCC3)C(=O)C1c1ccccc1. The van der Waals surface area contributed by atoms with Crippen LogP contribution in [0.1, 0.15) is 35.1 Å². The number of carbonyl (C=O) groups is 1. The van der Waals surface area contributed by atoms with Gasteiger partial charge in [0.05, 0.1) is 18.1 Å². The molecular formula is C27H23F3N8O2. The van der Waals surface area contributed by atoms with Crippen LogP contribution in [0.3, 0.4) is 0 Å². The lowest BCUT2D eigenvalue weighted by atomic mass is 9.97. The van der Waals surface area contributed by atoms with Crippen LogP contribution < -0.4 is 19.9 Å². The van der Waals surface area contributed by atoms with Gasteiger partial charge in [0.15, 0.2) is 11.6 Å². The molecule has 10 nitrogen and oxygen atoms in total. The van der Waals surface area contributed by atoms with Gasteiger partial charge >= 0.3 is 6.18 Å². The monoisotopic (exact) mass is 548 g/mol. The lowest BCUT2D eigenvalue weighted by Crippen LogP contribution is -2.49. The number of alkyl halides is 3. The van der Waals surface area contributed by atoms with E-state index in [9.17, 15) is 18.0 Å². The molecule has 0 saturated heterocycles. The standard InChI is InChI=1S/C27H23F3N8O2/c1-37-21(17-6-3-2-4-7-17)24(39)38-11-5-8-19-22(38)23(37)36-26(35-19)34-13-16-9-10-20(31-12-16)40-18-14-32-25(33-15-18)27(28,29)30/h2-4,6-7,9-10,12,14-15,21H,5,8,11,13H2,1H3,(H,34,35,36). The number of ether oxygens (including phenoxy) is 1. The average Bonchev–Trinajstić information content (AvgIpc) is 2.96. The summed E-state index contributed by atoms with van der Waals surface area (Å²) in [5, 5.41) is 3.24. The highest BCUT2D eigenvalue weighted by molar-refractivity contribution is 6.06. The summed E-state index contributed by atoms with van der Waals surface area (Å²) in [4.78, 5) is 37.4. The molecule has 1 unspecified atom stereocenters. The predicted octanol–water partition coefficient (Wildman–Crippen LogP) is 4.56. The maximum absolute atomic E-state index is 13.5. The number of carbonyl (C=O) groups excluding carboxylic acids is 1. The van der Waals surface area contributed by atoms with E-state index < -0.39 is 18.0 Å². The van der Waals surface area contributed by atoms with Crippen LogP contribution in [0, 0.1) is 0 Å². The van der Waals surface area contributed by atoms with Crippen LogP contribution in [0.4, 0.5) is 30.6 Å². The molecule has 0 fully saturated rings. The first-order valence-corrected chi connectivity index (χ1v) is 12.5. The van der Waals surface area contributed by atoms with Gasteiger partial charge in [0, 0.05) is 32.4 Å². The van der Waals surface area contributed by atoms with Gasteiger partial charge in [-0.15, -0.1) is 0 Å². The molecule has 1 aromatic carbocycles. The van der Waals surface area contributed by atoms with Crippen LogP contribution >= 0.6 is 0 Å². The third kappa shape index (κ3) is 4.85. The highest BCUT2D eigenvalue weighted by atomic mass is 19.4. The highest BCUT2D eigenvalue weighted by Crippen LogP contribution is 2.43. The van der Waals surface area contributed by atoms with Gasteiger partial charge in [-0.05, 0) is 24.0 Å². The Hall–Kier alpha value is -4.81. The van der Waals surface area contributed by atoms with Crippen molar-refractivity contribution in [3.8, 4) is 11.6 Å². The van der Waals surface area contributed by atoms with E-state index in [0.29, 0.717) is 24.9 Å². The summed E-state index contributed by atoms with van der Waals surface area (Å²) in [5.74, 6) is 0.122. The largest absolute Gasteiger partial charge is 0.451 e. The molecule has 0 radical (unpaired) electrons. The smallest absolute Gasteiger partial charge is 0.436 e. The Morgan fingerprint density at radius 1 is 1.02 bits per heavy atom. The van der Waals surface area contributed by atoms with Crippen LogP contribution in [-0.2, 0) is 23.9 Å². The van der Waals surface area contributed by atoms with Gasteiger partial charge in [0.2, 0.25) is 17.7 Å². The van der Waals surface area contributed by atoms with Crippen molar-refractivity contribution in [3.63, 3.8) is 0 Å². The van der Waals surface area contributed by atoms with Gasteiger partial charge in [0.1, 0.15) is 11.7 Å². The van der Waals surface area contributed by atoms with Crippen LogP contribution in [0.5, 0.6) is 11.6 Å². The minimum atomic E-state index is -4.62. The number of aryl methyl sites for hydroxylation is 1. The van der Waals surface area contributed by atoms with E-state index >= 15 is 0 Å². The zero-order valence-electron chi connectivity index (χ0n) is 21.3. The van der Waals surface area contributed by atoms with Crippen LogP contribution in [0.15, 0.2) is 61.1 Å². The molecule has 6 rings (SSSR count). The number of benzene rings is 1. The molecule has 1 amide bonds. The van der Waals surface area contributed by atoms with Gasteiger partial charge in [-0.2, -0.15) is 18.2 Å². The van der Waals surface area contributed by atoms with Crippen molar-refractivity contribution >= 4 is 23.4 Å². The third-order valence-electron chi connectivity index (χ3n) is 6.69. The summed E-state index contributed by atoms with van der Waals surface area (Å²) in [6.45, 7) is 0.994. The summed E-state index contributed by atoms with van der Waals surface area (Å²) in [7, 11) is 1.87. The molecular weight excluding hydrogens is 525 g/mol. The van der Waals surface area contributed by atoms with Gasteiger partial charge in [-0.25, -0.2) is 19.9 Å². The fourth-order valence-corrected chi connectivity index (χ4v) is 4.83. The molecule has 5 heterocycles. The molecule has 40 heavy (non-hydrogen) atoms. The molecule has 3 aromatic heterocycles. The first-order chi connectivity index (χ1) is 19.3. The van der Waals surface area contributed by atoms with E-state index in [1.54, 1.807) is 23.2 Å². The molecule has 0 aliphatic carbocycles. The number of halogens is 3. The van der Waals surface area contributed by atoms with E-state index in [-0.39, 0.29) is 17.5 Å². The van der Waals surface area contributed by atoms with Crippen molar-refractivity contribution in [3.05, 3.63) is 83.7 Å². The summed E-state index contributed by atoms with van der Waals surface area (Å²) >= 11 is 0.